The van der Waals surface area contributed by atoms with Crippen LogP contribution in [0.4, 0.5) is 0 Å². The summed E-state index contributed by atoms with van der Waals surface area (Å²) in [5.74, 6) is 1.61. The third kappa shape index (κ3) is 4.65. The Labute approximate surface area is 127 Å². The lowest BCUT2D eigenvalue weighted by atomic mass is 10.2. The predicted molar refractivity (Wildman–Crippen MR) is 80.9 cm³/mol. The lowest BCUT2D eigenvalue weighted by Crippen LogP contribution is -2.24. The van der Waals surface area contributed by atoms with E-state index in [2.05, 4.69) is 10.5 Å². The van der Waals surface area contributed by atoms with E-state index in [0.717, 1.165) is 11.3 Å². The van der Waals surface area contributed by atoms with E-state index in [0.29, 0.717) is 16.5 Å². The molecule has 0 unspecified atom stereocenters. The summed E-state index contributed by atoms with van der Waals surface area (Å²) >= 11 is 5.85. The van der Waals surface area contributed by atoms with Gasteiger partial charge in [-0.15, -0.1) is 0 Å². The van der Waals surface area contributed by atoms with E-state index in [1.54, 1.807) is 24.3 Å². The normalized spacial score (nSPS) is 10.8. The molecule has 0 bridgehead atoms. The molecule has 1 aromatic carbocycles. The molecule has 1 N–H and O–H groups in total. The SMILES string of the molecule is Cc1ccc(C=NNC(=O)COc2ccc(Cl)cc2C)o1. The molecule has 1 heterocycles. The van der Waals surface area contributed by atoms with Crippen LogP contribution in [-0.4, -0.2) is 18.7 Å². The maximum Gasteiger partial charge on any atom is 0.277 e. The number of hydrogen-bond acceptors (Lipinski definition) is 4. The molecule has 0 aliphatic carbocycles. The van der Waals surface area contributed by atoms with Gasteiger partial charge in [-0.05, 0) is 49.7 Å². The molecule has 0 saturated carbocycles. The summed E-state index contributed by atoms with van der Waals surface area (Å²) in [4.78, 5) is 11.6. The zero-order valence-electron chi connectivity index (χ0n) is 11.7. The van der Waals surface area contributed by atoms with E-state index < -0.39 is 0 Å². The van der Waals surface area contributed by atoms with Gasteiger partial charge in [-0.3, -0.25) is 4.79 Å². The van der Waals surface area contributed by atoms with Gasteiger partial charge in [-0.1, -0.05) is 11.6 Å². The van der Waals surface area contributed by atoms with E-state index in [1.165, 1.54) is 6.21 Å². The van der Waals surface area contributed by atoms with Crippen LogP contribution in [0.5, 0.6) is 5.75 Å². The number of amides is 1. The van der Waals surface area contributed by atoms with Gasteiger partial charge < -0.3 is 9.15 Å². The highest BCUT2D eigenvalue weighted by Crippen LogP contribution is 2.21. The van der Waals surface area contributed by atoms with E-state index in [1.807, 2.05) is 19.9 Å². The quantitative estimate of drug-likeness (QED) is 0.682. The molecule has 6 heteroatoms. The fraction of sp³-hybridized carbons (Fsp3) is 0.200. The first kappa shape index (κ1) is 15.1. The van der Waals surface area contributed by atoms with Crippen LogP contribution in [0.2, 0.25) is 5.02 Å². The van der Waals surface area contributed by atoms with Crippen molar-refractivity contribution in [2.24, 2.45) is 5.10 Å². The van der Waals surface area contributed by atoms with Crippen LogP contribution in [0, 0.1) is 13.8 Å². The minimum absolute atomic E-state index is 0.128. The molecule has 2 rings (SSSR count). The Morgan fingerprint density at radius 1 is 1.38 bits per heavy atom. The predicted octanol–water partition coefficient (Wildman–Crippen LogP) is 3.08. The van der Waals surface area contributed by atoms with Crippen molar-refractivity contribution in [3.63, 3.8) is 0 Å². The monoisotopic (exact) mass is 306 g/mol. The Hall–Kier alpha value is -2.27. The number of rotatable bonds is 5. The summed E-state index contributed by atoms with van der Waals surface area (Å²) in [5, 5.41) is 4.41. The Balaban J connectivity index is 1.81. The summed E-state index contributed by atoms with van der Waals surface area (Å²) in [7, 11) is 0. The number of ether oxygens (including phenoxy) is 1. The average Bonchev–Trinajstić information content (AvgIpc) is 2.83. The van der Waals surface area contributed by atoms with Crippen LogP contribution in [-0.2, 0) is 4.79 Å². The molecule has 1 aromatic heterocycles. The maximum absolute atomic E-state index is 11.6. The van der Waals surface area contributed by atoms with Crippen LogP contribution < -0.4 is 10.2 Å². The molecular weight excluding hydrogens is 292 g/mol. The number of hydrazone groups is 1. The summed E-state index contributed by atoms with van der Waals surface area (Å²) in [6.45, 7) is 3.56. The van der Waals surface area contributed by atoms with Crippen molar-refractivity contribution in [1.82, 2.24) is 5.43 Å². The Bertz CT molecular complexity index is 665. The molecular formula is C15H15ClN2O3. The number of furan rings is 1. The minimum atomic E-state index is -0.358. The first-order valence-corrected chi connectivity index (χ1v) is 6.69. The van der Waals surface area contributed by atoms with Crippen molar-refractivity contribution >= 4 is 23.7 Å². The van der Waals surface area contributed by atoms with Gasteiger partial charge in [0.05, 0.1) is 6.21 Å². The molecule has 0 spiro atoms. The largest absolute Gasteiger partial charge is 0.483 e. The lowest BCUT2D eigenvalue weighted by molar-refractivity contribution is -0.123. The highest BCUT2D eigenvalue weighted by atomic mass is 35.5. The van der Waals surface area contributed by atoms with Crippen LogP contribution in [0.25, 0.3) is 0 Å². The molecule has 0 atom stereocenters. The molecule has 0 aliphatic heterocycles. The molecule has 21 heavy (non-hydrogen) atoms. The van der Waals surface area contributed by atoms with Gasteiger partial charge >= 0.3 is 0 Å². The number of hydrogen-bond donors (Lipinski definition) is 1. The number of benzene rings is 1. The van der Waals surface area contributed by atoms with E-state index in [4.69, 9.17) is 20.8 Å². The van der Waals surface area contributed by atoms with Crippen molar-refractivity contribution in [3.05, 3.63) is 52.4 Å². The number of aryl methyl sites for hydroxylation is 2. The second kappa shape index (κ2) is 6.95. The molecule has 0 saturated heterocycles. The van der Waals surface area contributed by atoms with Crippen molar-refractivity contribution in [3.8, 4) is 5.75 Å². The third-order valence-electron chi connectivity index (χ3n) is 2.64. The highest BCUT2D eigenvalue weighted by Gasteiger charge is 2.04. The summed E-state index contributed by atoms with van der Waals surface area (Å²) in [6.07, 6.45) is 1.43. The number of nitrogens with zero attached hydrogens (tertiary/aromatic N) is 1. The Morgan fingerprint density at radius 3 is 2.86 bits per heavy atom. The van der Waals surface area contributed by atoms with Gasteiger partial charge in [0, 0.05) is 5.02 Å². The minimum Gasteiger partial charge on any atom is -0.483 e. The van der Waals surface area contributed by atoms with Crippen LogP contribution in [0.3, 0.4) is 0 Å². The number of halogens is 1. The first-order chi connectivity index (χ1) is 10.0. The van der Waals surface area contributed by atoms with E-state index in [9.17, 15) is 4.79 Å². The van der Waals surface area contributed by atoms with Gasteiger partial charge in [0.2, 0.25) is 0 Å². The molecule has 2 aromatic rings. The molecule has 0 radical (unpaired) electrons. The number of carbonyl (C=O) groups excluding carboxylic acids is 1. The fourth-order valence-electron chi connectivity index (χ4n) is 1.64. The Morgan fingerprint density at radius 2 is 2.19 bits per heavy atom. The second-order valence-electron chi connectivity index (χ2n) is 4.44. The summed E-state index contributed by atoms with van der Waals surface area (Å²) in [6, 6.07) is 8.78. The zero-order chi connectivity index (χ0) is 15.2. The lowest BCUT2D eigenvalue weighted by Gasteiger charge is -2.08. The topological polar surface area (TPSA) is 63.8 Å². The fourth-order valence-corrected chi connectivity index (χ4v) is 1.87. The first-order valence-electron chi connectivity index (χ1n) is 6.32. The van der Waals surface area contributed by atoms with Crippen LogP contribution in [0.1, 0.15) is 17.1 Å². The van der Waals surface area contributed by atoms with Gasteiger partial charge in [0.15, 0.2) is 6.61 Å². The highest BCUT2D eigenvalue weighted by molar-refractivity contribution is 6.30. The smallest absolute Gasteiger partial charge is 0.277 e. The number of carbonyl (C=O) groups is 1. The number of nitrogens with one attached hydrogen (secondary N) is 1. The van der Waals surface area contributed by atoms with Crippen molar-refractivity contribution < 1.29 is 13.9 Å². The van der Waals surface area contributed by atoms with Gasteiger partial charge in [0.25, 0.3) is 5.91 Å². The molecule has 1 amide bonds. The van der Waals surface area contributed by atoms with E-state index >= 15 is 0 Å². The molecule has 0 fully saturated rings. The van der Waals surface area contributed by atoms with Crippen molar-refractivity contribution in [2.75, 3.05) is 6.61 Å². The van der Waals surface area contributed by atoms with Crippen LogP contribution in [0.15, 0.2) is 39.9 Å². The summed E-state index contributed by atoms with van der Waals surface area (Å²) in [5.41, 5.74) is 3.23. The zero-order valence-corrected chi connectivity index (χ0v) is 12.5. The average molecular weight is 307 g/mol. The van der Waals surface area contributed by atoms with Crippen LogP contribution >= 0.6 is 11.6 Å². The van der Waals surface area contributed by atoms with Gasteiger partial charge in [-0.25, -0.2) is 5.43 Å². The maximum atomic E-state index is 11.6. The van der Waals surface area contributed by atoms with Gasteiger partial charge in [0.1, 0.15) is 17.3 Å². The molecule has 110 valence electrons. The van der Waals surface area contributed by atoms with Crippen molar-refractivity contribution in [2.45, 2.75) is 13.8 Å². The van der Waals surface area contributed by atoms with Crippen molar-refractivity contribution in [1.29, 1.82) is 0 Å². The molecule has 5 nitrogen and oxygen atoms in total. The standard InChI is InChI=1S/C15H15ClN2O3/c1-10-7-12(16)4-6-14(10)20-9-15(19)18-17-8-13-5-3-11(2)21-13/h3-8H,9H2,1-2H3,(H,18,19). The summed E-state index contributed by atoms with van der Waals surface area (Å²) < 4.78 is 10.7. The second-order valence-corrected chi connectivity index (χ2v) is 4.88. The van der Waals surface area contributed by atoms with E-state index in [-0.39, 0.29) is 12.5 Å². The third-order valence-corrected chi connectivity index (χ3v) is 2.87. The van der Waals surface area contributed by atoms with Gasteiger partial charge in [-0.2, -0.15) is 5.10 Å². The Kier molecular flexibility index (Phi) is 5.00. The molecule has 0 aliphatic rings.